The van der Waals surface area contributed by atoms with Crippen molar-refractivity contribution in [1.82, 2.24) is 10.2 Å². The summed E-state index contributed by atoms with van der Waals surface area (Å²) in [6.45, 7) is 2.01. The van der Waals surface area contributed by atoms with Gasteiger partial charge in [0, 0.05) is 25.6 Å². The van der Waals surface area contributed by atoms with E-state index >= 15 is 0 Å². The van der Waals surface area contributed by atoms with E-state index in [1.807, 2.05) is 12.1 Å². The maximum atomic E-state index is 13.4. The van der Waals surface area contributed by atoms with Crippen LogP contribution in [-0.2, 0) is 26.2 Å². The zero-order valence-corrected chi connectivity index (χ0v) is 23.2. The minimum absolute atomic E-state index is 0.0460. The number of hydrogen-bond donors (Lipinski definition) is 1. The lowest BCUT2D eigenvalue weighted by Gasteiger charge is -2.31. The molecule has 1 N–H and O–H groups in total. The van der Waals surface area contributed by atoms with Crippen LogP contribution in [0.3, 0.4) is 0 Å². The monoisotopic (exact) mass is 547 g/mol. The van der Waals surface area contributed by atoms with Crippen molar-refractivity contribution in [2.45, 2.75) is 70.5 Å². The Morgan fingerprint density at radius 2 is 1.68 bits per heavy atom. The lowest BCUT2D eigenvalue weighted by Crippen LogP contribution is -2.50. The summed E-state index contributed by atoms with van der Waals surface area (Å²) in [7, 11) is -2.06. The van der Waals surface area contributed by atoms with E-state index in [-0.39, 0.29) is 43.8 Å². The van der Waals surface area contributed by atoms with Gasteiger partial charge in [-0.2, -0.15) is 0 Å². The highest BCUT2D eigenvalue weighted by Crippen LogP contribution is 2.21. The lowest BCUT2D eigenvalue weighted by atomic mass is 9.95. The van der Waals surface area contributed by atoms with Crippen molar-refractivity contribution in [3.63, 3.8) is 0 Å². The molecule has 0 aromatic heterocycles. The molecule has 2 aromatic rings. The summed E-state index contributed by atoms with van der Waals surface area (Å²) in [5.74, 6) is -0.217. The minimum atomic E-state index is -3.64. The highest BCUT2D eigenvalue weighted by atomic mass is 32.2. The number of ether oxygens (including phenoxy) is 1. The van der Waals surface area contributed by atoms with E-state index in [2.05, 4.69) is 5.32 Å². The van der Waals surface area contributed by atoms with Crippen LogP contribution in [0.1, 0.15) is 57.4 Å². The molecule has 10 heteroatoms. The lowest BCUT2D eigenvalue weighted by molar-refractivity contribution is -0.141. The molecule has 1 atom stereocenters. The van der Waals surface area contributed by atoms with Crippen LogP contribution in [0.5, 0.6) is 5.75 Å². The van der Waals surface area contributed by atoms with Crippen molar-refractivity contribution in [2.24, 2.45) is 0 Å². The molecule has 38 heavy (non-hydrogen) atoms. The molecular formula is C28H38FN3O5S. The summed E-state index contributed by atoms with van der Waals surface area (Å²) < 4.78 is 44.5. The molecule has 0 bridgehead atoms. The largest absolute Gasteiger partial charge is 0.497 e. The molecule has 1 saturated carbocycles. The Balaban J connectivity index is 1.71. The van der Waals surface area contributed by atoms with Gasteiger partial charge in [-0.1, -0.05) is 31.4 Å². The van der Waals surface area contributed by atoms with Gasteiger partial charge in [-0.05, 0) is 68.1 Å². The first-order chi connectivity index (χ1) is 18.1. The number of nitrogens with one attached hydrogen (secondary N) is 1. The minimum Gasteiger partial charge on any atom is -0.497 e. The van der Waals surface area contributed by atoms with Crippen molar-refractivity contribution in [1.29, 1.82) is 0 Å². The molecule has 1 aliphatic carbocycles. The number of nitrogens with zero attached hydrogens (tertiary/aromatic N) is 2. The summed E-state index contributed by atoms with van der Waals surface area (Å²) in [5, 5.41) is 3.11. The van der Waals surface area contributed by atoms with Crippen LogP contribution in [0, 0.1) is 5.82 Å². The molecule has 2 amide bonds. The second kappa shape index (κ2) is 13.6. The predicted octanol–water partition coefficient (Wildman–Crippen LogP) is 4.25. The first-order valence-electron chi connectivity index (χ1n) is 13.0. The number of hydrogen-bond acceptors (Lipinski definition) is 5. The average Bonchev–Trinajstić information content (AvgIpc) is 2.90. The number of halogens is 1. The highest BCUT2D eigenvalue weighted by molar-refractivity contribution is 7.92. The van der Waals surface area contributed by atoms with Gasteiger partial charge in [0.2, 0.25) is 21.8 Å². The van der Waals surface area contributed by atoms with Gasteiger partial charge < -0.3 is 15.0 Å². The van der Waals surface area contributed by atoms with Crippen molar-refractivity contribution in [3.05, 3.63) is 59.9 Å². The van der Waals surface area contributed by atoms with E-state index in [1.54, 1.807) is 31.1 Å². The molecule has 1 aliphatic rings. The molecule has 0 spiro atoms. The number of sulfonamides is 1. The van der Waals surface area contributed by atoms with E-state index in [9.17, 15) is 22.4 Å². The normalized spacial score (nSPS) is 14.9. The maximum absolute atomic E-state index is 13.4. The summed E-state index contributed by atoms with van der Waals surface area (Å²) >= 11 is 0. The fraction of sp³-hybridized carbons (Fsp3) is 0.500. The summed E-state index contributed by atoms with van der Waals surface area (Å²) in [5.41, 5.74) is 1.18. The van der Waals surface area contributed by atoms with Gasteiger partial charge in [0.25, 0.3) is 0 Å². The second-order valence-electron chi connectivity index (χ2n) is 9.80. The van der Waals surface area contributed by atoms with Gasteiger partial charge in [-0.15, -0.1) is 0 Å². The summed E-state index contributed by atoms with van der Waals surface area (Å²) in [6, 6.07) is 11.9. The van der Waals surface area contributed by atoms with E-state index in [0.29, 0.717) is 11.4 Å². The zero-order chi connectivity index (χ0) is 27.7. The fourth-order valence-electron chi connectivity index (χ4n) is 4.69. The van der Waals surface area contributed by atoms with Crippen molar-refractivity contribution < 1.29 is 27.1 Å². The fourth-order valence-corrected chi connectivity index (χ4v) is 5.66. The van der Waals surface area contributed by atoms with Crippen LogP contribution in [0.4, 0.5) is 10.1 Å². The maximum Gasteiger partial charge on any atom is 0.242 e. The molecule has 1 fully saturated rings. The molecule has 3 rings (SSSR count). The molecule has 2 aromatic carbocycles. The number of amides is 2. The van der Waals surface area contributed by atoms with Gasteiger partial charge in [0.15, 0.2) is 0 Å². The van der Waals surface area contributed by atoms with Crippen LogP contribution in [0.2, 0.25) is 0 Å². The topological polar surface area (TPSA) is 96.0 Å². The number of carbonyl (C=O) groups excluding carboxylic acids is 2. The average molecular weight is 548 g/mol. The Labute approximate surface area is 225 Å². The third-order valence-corrected chi connectivity index (χ3v) is 8.09. The van der Waals surface area contributed by atoms with E-state index in [0.717, 1.165) is 41.8 Å². The number of benzene rings is 2. The van der Waals surface area contributed by atoms with Crippen LogP contribution in [0.25, 0.3) is 0 Å². The third kappa shape index (κ3) is 8.44. The van der Waals surface area contributed by atoms with Gasteiger partial charge in [0.1, 0.15) is 17.6 Å². The van der Waals surface area contributed by atoms with Gasteiger partial charge >= 0.3 is 0 Å². The molecular weight excluding hydrogens is 509 g/mol. The van der Waals surface area contributed by atoms with Crippen molar-refractivity contribution >= 4 is 27.5 Å². The first kappa shape index (κ1) is 29.4. The Morgan fingerprint density at radius 3 is 2.26 bits per heavy atom. The van der Waals surface area contributed by atoms with Crippen molar-refractivity contribution in [2.75, 3.05) is 24.2 Å². The Hall–Kier alpha value is -3.14. The SMILES string of the molecule is COc1ccc(CN(C(=O)CCCN(c2ccc(F)cc2)S(C)(=O)=O)[C@H](C)C(=O)NC2CCCCC2)cc1. The van der Waals surface area contributed by atoms with Crippen molar-refractivity contribution in [3.8, 4) is 5.75 Å². The molecule has 0 aliphatic heterocycles. The van der Waals surface area contributed by atoms with Gasteiger partial charge in [-0.25, -0.2) is 12.8 Å². The number of methoxy groups -OCH3 is 1. The van der Waals surface area contributed by atoms with E-state index in [4.69, 9.17) is 4.74 Å². The second-order valence-corrected chi connectivity index (χ2v) is 11.7. The van der Waals surface area contributed by atoms with Gasteiger partial charge in [-0.3, -0.25) is 13.9 Å². The van der Waals surface area contributed by atoms with Crippen LogP contribution in [-0.4, -0.2) is 57.1 Å². The highest BCUT2D eigenvalue weighted by Gasteiger charge is 2.28. The standard InChI is InChI=1S/C28H38FN3O5S/c1-21(28(34)30-24-8-5-4-6-9-24)31(20-22-11-17-26(37-2)18-12-22)27(33)10-7-19-32(38(3,35)36)25-15-13-23(29)14-16-25/h11-18,21,24H,4-10,19-20H2,1-3H3,(H,30,34)/t21-/m1/s1. The zero-order valence-electron chi connectivity index (χ0n) is 22.4. The molecule has 0 heterocycles. The Bertz CT molecular complexity index is 1170. The Morgan fingerprint density at radius 1 is 1.05 bits per heavy atom. The Kier molecular flexibility index (Phi) is 10.5. The number of carbonyl (C=O) groups is 2. The predicted molar refractivity (Wildman–Crippen MR) is 146 cm³/mol. The number of rotatable bonds is 12. The third-order valence-electron chi connectivity index (χ3n) is 6.90. The molecule has 0 unspecified atom stereocenters. The summed E-state index contributed by atoms with van der Waals surface area (Å²) in [4.78, 5) is 28.1. The quantitative estimate of drug-likeness (QED) is 0.429. The molecule has 0 radical (unpaired) electrons. The van der Waals surface area contributed by atoms with Crippen LogP contribution >= 0.6 is 0 Å². The first-order valence-corrected chi connectivity index (χ1v) is 14.9. The van der Waals surface area contributed by atoms with E-state index < -0.39 is 21.9 Å². The number of anilines is 1. The van der Waals surface area contributed by atoms with Crippen LogP contribution in [0.15, 0.2) is 48.5 Å². The van der Waals surface area contributed by atoms with Gasteiger partial charge in [0.05, 0.1) is 19.1 Å². The van der Waals surface area contributed by atoms with Crippen LogP contribution < -0.4 is 14.4 Å². The molecule has 208 valence electrons. The molecule has 8 nitrogen and oxygen atoms in total. The summed E-state index contributed by atoms with van der Waals surface area (Å²) in [6.07, 6.45) is 6.57. The van der Waals surface area contributed by atoms with E-state index in [1.165, 1.54) is 30.7 Å². The molecule has 0 saturated heterocycles. The smallest absolute Gasteiger partial charge is 0.242 e.